The van der Waals surface area contributed by atoms with Gasteiger partial charge in [0.25, 0.3) is 0 Å². The van der Waals surface area contributed by atoms with Gasteiger partial charge in [0.15, 0.2) is 0 Å². The molecular weight excluding hydrogens is 250 g/mol. The molecule has 98 valence electrons. The van der Waals surface area contributed by atoms with Crippen molar-refractivity contribution in [3.8, 4) is 0 Å². The van der Waals surface area contributed by atoms with Crippen molar-refractivity contribution in [2.75, 3.05) is 11.4 Å². The predicted octanol–water partition coefficient (Wildman–Crippen LogP) is 3.66. The summed E-state index contributed by atoms with van der Waals surface area (Å²) in [4.78, 5) is 13.5. The van der Waals surface area contributed by atoms with Gasteiger partial charge in [0, 0.05) is 12.6 Å². The molecule has 0 heterocycles. The number of aromatic carboxylic acids is 1. The molecule has 3 nitrogen and oxygen atoms in total. The third kappa shape index (κ3) is 2.78. The third-order valence-electron chi connectivity index (χ3n) is 3.05. The van der Waals surface area contributed by atoms with Crippen molar-refractivity contribution in [2.24, 2.45) is 5.92 Å². The molecule has 0 atom stereocenters. The molecule has 0 bridgehead atoms. The van der Waals surface area contributed by atoms with E-state index in [4.69, 9.17) is 11.6 Å². The van der Waals surface area contributed by atoms with E-state index in [1.165, 1.54) is 0 Å². The van der Waals surface area contributed by atoms with Crippen LogP contribution in [0.4, 0.5) is 5.69 Å². The lowest BCUT2D eigenvalue weighted by Crippen LogP contribution is -2.31. The first-order valence-electron chi connectivity index (χ1n) is 6.29. The van der Waals surface area contributed by atoms with Crippen LogP contribution >= 0.6 is 11.6 Å². The van der Waals surface area contributed by atoms with Gasteiger partial charge in [-0.1, -0.05) is 31.5 Å². The van der Waals surface area contributed by atoms with E-state index in [9.17, 15) is 9.90 Å². The molecule has 1 aromatic rings. The third-order valence-corrected chi connectivity index (χ3v) is 3.36. The van der Waals surface area contributed by atoms with Crippen molar-refractivity contribution in [2.45, 2.75) is 32.7 Å². The first-order chi connectivity index (χ1) is 8.50. The van der Waals surface area contributed by atoms with Gasteiger partial charge < -0.3 is 10.0 Å². The summed E-state index contributed by atoms with van der Waals surface area (Å²) < 4.78 is 0. The maximum atomic E-state index is 11.3. The molecule has 0 aliphatic heterocycles. The molecule has 0 saturated heterocycles. The van der Waals surface area contributed by atoms with Crippen LogP contribution in [0.2, 0.25) is 5.02 Å². The number of nitrogens with zero attached hydrogens (tertiary/aromatic N) is 1. The Kier molecular flexibility index (Phi) is 3.81. The fourth-order valence-corrected chi connectivity index (χ4v) is 2.47. The van der Waals surface area contributed by atoms with Crippen molar-refractivity contribution < 1.29 is 9.90 Å². The molecule has 4 heteroatoms. The largest absolute Gasteiger partial charge is 0.478 e. The quantitative estimate of drug-likeness (QED) is 0.885. The Morgan fingerprint density at radius 1 is 1.50 bits per heavy atom. The van der Waals surface area contributed by atoms with Crippen LogP contribution in [0.5, 0.6) is 0 Å². The van der Waals surface area contributed by atoms with E-state index in [1.807, 2.05) is 0 Å². The van der Waals surface area contributed by atoms with Crippen LogP contribution in [0, 0.1) is 5.92 Å². The lowest BCUT2D eigenvalue weighted by molar-refractivity contribution is 0.0697. The number of para-hydroxylation sites is 1. The summed E-state index contributed by atoms with van der Waals surface area (Å²) in [6.45, 7) is 5.11. The molecule has 1 aromatic carbocycles. The fourth-order valence-electron chi connectivity index (χ4n) is 2.18. The van der Waals surface area contributed by atoms with Gasteiger partial charge in [0.2, 0.25) is 0 Å². The lowest BCUT2D eigenvalue weighted by atomic mass is 10.1. The summed E-state index contributed by atoms with van der Waals surface area (Å²) in [7, 11) is 0. The Morgan fingerprint density at radius 3 is 2.67 bits per heavy atom. The van der Waals surface area contributed by atoms with Crippen molar-refractivity contribution in [1.82, 2.24) is 0 Å². The van der Waals surface area contributed by atoms with Crippen LogP contribution in [-0.2, 0) is 0 Å². The number of halogens is 1. The average molecular weight is 268 g/mol. The van der Waals surface area contributed by atoms with E-state index in [2.05, 4.69) is 18.7 Å². The highest BCUT2D eigenvalue weighted by Gasteiger charge is 2.32. The zero-order valence-corrected chi connectivity index (χ0v) is 11.4. The van der Waals surface area contributed by atoms with E-state index in [0.717, 1.165) is 19.4 Å². The molecule has 0 aromatic heterocycles. The minimum Gasteiger partial charge on any atom is -0.478 e. The van der Waals surface area contributed by atoms with Gasteiger partial charge in [-0.2, -0.15) is 0 Å². The van der Waals surface area contributed by atoms with Gasteiger partial charge in [-0.05, 0) is 30.9 Å². The van der Waals surface area contributed by atoms with Crippen LogP contribution in [0.1, 0.15) is 37.0 Å². The molecule has 0 amide bonds. The first kappa shape index (κ1) is 13.2. The fraction of sp³-hybridized carbons (Fsp3) is 0.500. The van der Waals surface area contributed by atoms with Gasteiger partial charge in [0.05, 0.1) is 16.3 Å². The van der Waals surface area contributed by atoms with E-state index in [0.29, 0.717) is 28.2 Å². The molecule has 1 aliphatic carbocycles. The van der Waals surface area contributed by atoms with Gasteiger partial charge in [0.1, 0.15) is 0 Å². The minimum atomic E-state index is -0.915. The van der Waals surface area contributed by atoms with E-state index < -0.39 is 5.97 Å². The second-order valence-corrected chi connectivity index (χ2v) is 5.63. The van der Waals surface area contributed by atoms with Crippen LogP contribution in [-0.4, -0.2) is 23.7 Å². The smallest absolute Gasteiger partial charge is 0.337 e. The summed E-state index contributed by atoms with van der Waals surface area (Å²) >= 11 is 6.22. The summed E-state index contributed by atoms with van der Waals surface area (Å²) in [6, 6.07) is 5.53. The van der Waals surface area contributed by atoms with Crippen LogP contribution in [0.15, 0.2) is 18.2 Å². The first-order valence-corrected chi connectivity index (χ1v) is 6.67. The Balaban J connectivity index is 2.42. The van der Waals surface area contributed by atoms with Crippen molar-refractivity contribution >= 4 is 23.3 Å². The van der Waals surface area contributed by atoms with Gasteiger partial charge in [-0.15, -0.1) is 0 Å². The highest BCUT2D eigenvalue weighted by Crippen LogP contribution is 2.38. The summed E-state index contributed by atoms with van der Waals surface area (Å²) in [5.41, 5.74) is 0.984. The Hall–Kier alpha value is -1.22. The Bertz CT molecular complexity index is 455. The van der Waals surface area contributed by atoms with Gasteiger partial charge in [-0.3, -0.25) is 0 Å². The average Bonchev–Trinajstić information content (AvgIpc) is 3.09. The zero-order valence-electron chi connectivity index (χ0n) is 10.7. The maximum absolute atomic E-state index is 11.3. The number of anilines is 1. The number of carboxylic acid groups (broad SMARTS) is 1. The lowest BCUT2D eigenvalue weighted by Gasteiger charge is -2.28. The highest BCUT2D eigenvalue weighted by atomic mass is 35.5. The number of hydrogen-bond acceptors (Lipinski definition) is 2. The summed E-state index contributed by atoms with van der Waals surface area (Å²) in [5, 5.41) is 9.82. The molecule has 1 saturated carbocycles. The molecule has 1 fully saturated rings. The molecule has 1 N–H and O–H groups in total. The second-order valence-electron chi connectivity index (χ2n) is 5.22. The molecule has 0 radical (unpaired) electrons. The van der Waals surface area contributed by atoms with Crippen molar-refractivity contribution in [3.05, 3.63) is 28.8 Å². The molecular formula is C14H18ClNO2. The predicted molar refractivity (Wildman–Crippen MR) is 73.6 cm³/mol. The number of carbonyl (C=O) groups is 1. The van der Waals surface area contributed by atoms with Gasteiger partial charge in [-0.25, -0.2) is 4.79 Å². The van der Waals surface area contributed by atoms with Crippen LogP contribution in [0.25, 0.3) is 0 Å². The molecule has 0 spiro atoms. The van der Waals surface area contributed by atoms with Gasteiger partial charge >= 0.3 is 5.97 Å². The Morgan fingerprint density at radius 2 is 2.17 bits per heavy atom. The topological polar surface area (TPSA) is 40.5 Å². The number of rotatable bonds is 5. The second kappa shape index (κ2) is 5.19. The zero-order chi connectivity index (χ0) is 13.3. The molecule has 2 rings (SSSR count). The monoisotopic (exact) mass is 267 g/mol. The minimum absolute atomic E-state index is 0.301. The van der Waals surface area contributed by atoms with E-state index >= 15 is 0 Å². The number of benzene rings is 1. The Labute approximate surface area is 112 Å². The SMILES string of the molecule is CC(C)CN(c1c(Cl)cccc1C(=O)O)C1CC1. The maximum Gasteiger partial charge on any atom is 0.337 e. The van der Waals surface area contributed by atoms with E-state index in [-0.39, 0.29) is 0 Å². The van der Waals surface area contributed by atoms with Crippen molar-refractivity contribution in [3.63, 3.8) is 0 Å². The highest BCUT2D eigenvalue weighted by molar-refractivity contribution is 6.34. The molecule has 0 unspecified atom stereocenters. The number of hydrogen-bond donors (Lipinski definition) is 1. The molecule has 18 heavy (non-hydrogen) atoms. The summed E-state index contributed by atoms with van der Waals surface area (Å²) in [6.07, 6.45) is 2.24. The summed E-state index contributed by atoms with van der Waals surface area (Å²) in [5.74, 6) is -0.439. The van der Waals surface area contributed by atoms with E-state index in [1.54, 1.807) is 18.2 Å². The van der Waals surface area contributed by atoms with Crippen LogP contribution < -0.4 is 4.90 Å². The normalized spacial score (nSPS) is 14.9. The molecule has 1 aliphatic rings. The van der Waals surface area contributed by atoms with Crippen LogP contribution in [0.3, 0.4) is 0 Å². The number of carboxylic acids is 1. The van der Waals surface area contributed by atoms with Crippen molar-refractivity contribution in [1.29, 1.82) is 0 Å². The standard InChI is InChI=1S/C14H18ClNO2/c1-9(2)8-16(10-6-7-10)13-11(14(17)18)4-3-5-12(13)15/h3-5,9-10H,6-8H2,1-2H3,(H,17,18).